The summed E-state index contributed by atoms with van der Waals surface area (Å²) < 4.78 is 0. The van der Waals surface area contributed by atoms with Crippen LogP contribution in [0, 0.1) is 12.8 Å². The molecule has 0 fully saturated rings. The van der Waals surface area contributed by atoms with Crippen molar-refractivity contribution in [3.8, 4) is 0 Å². The summed E-state index contributed by atoms with van der Waals surface area (Å²) in [6.07, 6.45) is 4.94. The predicted molar refractivity (Wildman–Crippen MR) is 88.2 cm³/mol. The second kappa shape index (κ2) is 7.33. The Bertz CT molecular complexity index is 449. The molecule has 0 atom stereocenters. The molecule has 0 aromatic heterocycles. The highest BCUT2D eigenvalue weighted by Crippen LogP contribution is 2.29. The number of unbranched alkanes of at least 4 members (excludes halogenated alkanes) is 1. The van der Waals surface area contributed by atoms with Crippen LogP contribution in [0.25, 0.3) is 11.1 Å². The van der Waals surface area contributed by atoms with E-state index >= 15 is 0 Å². The molecule has 0 N–H and O–H groups in total. The van der Waals surface area contributed by atoms with Crippen LogP contribution in [0.15, 0.2) is 31.4 Å². The molecule has 0 bridgehead atoms. The average Bonchev–Trinajstić information content (AvgIpc) is 2.33. The first kappa shape index (κ1) is 15.8. The zero-order valence-electron chi connectivity index (χ0n) is 13.1. The van der Waals surface area contributed by atoms with Gasteiger partial charge in [0.15, 0.2) is 0 Å². The van der Waals surface area contributed by atoms with E-state index in [1.807, 2.05) is 0 Å². The van der Waals surface area contributed by atoms with Gasteiger partial charge in [-0.15, -0.1) is 0 Å². The predicted octanol–water partition coefficient (Wildman–Crippen LogP) is 6.26. The molecule has 1 rings (SSSR count). The molecule has 1 aromatic rings. The van der Waals surface area contributed by atoms with Crippen molar-refractivity contribution in [2.45, 2.75) is 53.4 Å². The van der Waals surface area contributed by atoms with Crippen LogP contribution in [0.5, 0.6) is 0 Å². The van der Waals surface area contributed by atoms with Crippen molar-refractivity contribution in [3.05, 3.63) is 48.0 Å². The van der Waals surface area contributed by atoms with E-state index in [4.69, 9.17) is 0 Å². The van der Waals surface area contributed by atoms with E-state index in [0.717, 1.165) is 17.9 Å². The Morgan fingerprint density at radius 3 is 2.42 bits per heavy atom. The number of rotatable bonds is 7. The highest BCUT2D eigenvalue weighted by atomic mass is 14.1. The van der Waals surface area contributed by atoms with E-state index in [0.29, 0.717) is 0 Å². The second-order valence-corrected chi connectivity index (χ2v) is 6.02. The van der Waals surface area contributed by atoms with Crippen molar-refractivity contribution in [1.82, 2.24) is 0 Å². The molecule has 0 saturated heterocycles. The molecule has 19 heavy (non-hydrogen) atoms. The summed E-state index contributed by atoms with van der Waals surface area (Å²) in [5.41, 5.74) is 6.27. The maximum atomic E-state index is 4.28. The summed E-state index contributed by atoms with van der Waals surface area (Å²) in [5.74, 6) is 0.804. The van der Waals surface area contributed by atoms with E-state index in [2.05, 4.69) is 59.1 Å². The summed E-state index contributed by atoms with van der Waals surface area (Å²) in [6.45, 7) is 17.2. The third-order valence-corrected chi connectivity index (χ3v) is 3.59. The molecule has 1 aromatic carbocycles. The molecule has 0 heterocycles. The number of hydrogen-bond acceptors (Lipinski definition) is 0. The lowest BCUT2D eigenvalue weighted by Gasteiger charge is -2.15. The standard InChI is InChI=1S/C19H28/c1-14(2)10-7-8-11-16(5)18-13-9-12-17(6)19(18)15(3)4/h9,12-14H,3,5,7-8,10-11H2,1-2,4,6H3. The Kier molecular flexibility index (Phi) is 6.08. The Balaban J connectivity index is 2.72. The molecule has 0 radical (unpaired) electrons. The first-order valence-corrected chi connectivity index (χ1v) is 7.37. The van der Waals surface area contributed by atoms with Gasteiger partial charge in [-0.05, 0) is 54.9 Å². The molecule has 0 aliphatic carbocycles. The maximum Gasteiger partial charge on any atom is -0.0129 e. The van der Waals surface area contributed by atoms with Crippen LogP contribution in [0.2, 0.25) is 0 Å². The Labute approximate surface area is 119 Å². The highest BCUT2D eigenvalue weighted by Gasteiger charge is 2.09. The minimum Gasteiger partial charge on any atom is -0.0955 e. The van der Waals surface area contributed by atoms with Gasteiger partial charge in [0, 0.05) is 0 Å². The average molecular weight is 256 g/mol. The Morgan fingerprint density at radius 1 is 1.16 bits per heavy atom. The van der Waals surface area contributed by atoms with E-state index < -0.39 is 0 Å². The molecule has 104 valence electrons. The minimum atomic E-state index is 0.804. The van der Waals surface area contributed by atoms with Gasteiger partial charge in [0.2, 0.25) is 0 Å². The summed E-state index contributed by atoms with van der Waals surface area (Å²) in [4.78, 5) is 0. The largest absolute Gasteiger partial charge is 0.0955 e. The Hall–Kier alpha value is -1.30. The van der Waals surface area contributed by atoms with Crippen LogP contribution in [-0.2, 0) is 0 Å². The summed E-state index contributed by atoms with van der Waals surface area (Å²) in [6, 6.07) is 6.46. The molecular weight excluding hydrogens is 228 g/mol. The maximum absolute atomic E-state index is 4.28. The van der Waals surface area contributed by atoms with Gasteiger partial charge in [-0.2, -0.15) is 0 Å². The van der Waals surface area contributed by atoms with Crippen LogP contribution in [0.1, 0.15) is 63.1 Å². The normalized spacial score (nSPS) is 10.8. The topological polar surface area (TPSA) is 0 Å². The summed E-state index contributed by atoms with van der Waals surface area (Å²) in [7, 11) is 0. The second-order valence-electron chi connectivity index (χ2n) is 6.02. The van der Waals surface area contributed by atoms with Crippen LogP contribution in [0.4, 0.5) is 0 Å². The van der Waals surface area contributed by atoms with Crippen molar-refractivity contribution in [2.24, 2.45) is 5.92 Å². The number of hydrogen-bond donors (Lipinski definition) is 0. The van der Waals surface area contributed by atoms with Crippen LogP contribution >= 0.6 is 0 Å². The molecule has 0 nitrogen and oxygen atoms in total. The first-order valence-electron chi connectivity index (χ1n) is 7.37. The first-order chi connectivity index (χ1) is 8.93. The fraction of sp³-hybridized carbons (Fsp3) is 0.474. The van der Waals surface area contributed by atoms with Gasteiger partial charge in [-0.25, -0.2) is 0 Å². The third-order valence-electron chi connectivity index (χ3n) is 3.59. The van der Waals surface area contributed by atoms with Gasteiger partial charge in [0.25, 0.3) is 0 Å². The molecule has 0 heteroatoms. The molecule has 0 amide bonds. The van der Waals surface area contributed by atoms with Gasteiger partial charge in [-0.3, -0.25) is 0 Å². The fourth-order valence-electron chi connectivity index (χ4n) is 2.55. The van der Waals surface area contributed by atoms with Crippen molar-refractivity contribution in [2.75, 3.05) is 0 Å². The molecule has 0 unspecified atom stereocenters. The van der Waals surface area contributed by atoms with Crippen LogP contribution in [0.3, 0.4) is 0 Å². The molecule has 0 aliphatic heterocycles. The van der Waals surface area contributed by atoms with Gasteiger partial charge < -0.3 is 0 Å². The monoisotopic (exact) mass is 256 g/mol. The molecule has 0 saturated carbocycles. The van der Waals surface area contributed by atoms with Crippen molar-refractivity contribution in [1.29, 1.82) is 0 Å². The lowest BCUT2D eigenvalue weighted by atomic mass is 9.90. The van der Waals surface area contributed by atoms with Gasteiger partial charge in [-0.1, -0.05) is 63.6 Å². The van der Waals surface area contributed by atoms with Crippen LogP contribution in [-0.4, -0.2) is 0 Å². The molecule has 0 aliphatic rings. The molecular formula is C19H28. The zero-order valence-corrected chi connectivity index (χ0v) is 13.1. The van der Waals surface area contributed by atoms with E-state index in [1.54, 1.807) is 0 Å². The van der Waals surface area contributed by atoms with E-state index in [1.165, 1.54) is 41.5 Å². The van der Waals surface area contributed by atoms with Gasteiger partial charge in [0.1, 0.15) is 0 Å². The van der Waals surface area contributed by atoms with Crippen molar-refractivity contribution < 1.29 is 0 Å². The lowest BCUT2D eigenvalue weighted by molar-refractivity contribution is 0.542. The van der Waals surface area contributed by atoms with E-state index in [9.17, 15) is 0 Å². The zero-order chi connectivity index (χ0) is 14.4. The lowest BCUT2D eigenvalue weighted by Crippen LogP contribution is -1.95. The molecule has 0 spiro atoms. The highest BCUT2D eigenvalue weighted by molar-refractivity contribution is 5.79. The minimum absolute atomic E-state index is 0.804. The van der Waals surface area contributed by atoms with Crippen molar-refractivity contribution in [3.63, 3.8) is 0 Å². The van der Waals surface area contributed by atoms with Gasteiger partial charge >= 0.3 is 0 Å². The third kappa shape index (κ3) is 4.70. The summed E-state index contributed by atoms with van der Waals surface area (Å²) in [5, 5.41) is 0. The SMILES string of the molecule is C=C(CCCCC(C)C)c1cccc(C)c1C(=C)C. The van der Waals surface area contributed by atoms with Crippen molar-refractivity contribution >= 4 is 11.1 Å². The number of allylic oxidation sites excluding steroid dienone is 2. The quantitative estimate of drug-likeness (QED) is 0.505. The number of aryl methyl sites for hydroxylation is 1. The Morgan fingerprint density at radius 2 is 1.84 bits per heavy atom. The summed E-state index contributed by atoms with van der Waals surface area (Å²) >= 11 is 0. The fourth-order valence-corrected chi connectivity index (χ4v) is 2.55. The smallest absolute Gasteiger partial charge is 0.0129 e. The van der Waals surface area contributed by atoms with Crippen LogP contribution < -0.4 is 0 Å². The van der Waals surface area contributed by atoms with E-state index in [-0.39, 0.29) is 0 Å². The van der Waals surface area contributed by atoms with Gasteiger partial charge in [0.05, 0.1) is 0 Å². The number of benzene rings is 1.